The van der Waals surface area contributed by atoms with Gasteiger partial charge in [-0.3, -0.25) is 0 Å². The zero-order valence-electron chi connectivity index (χ0n) is 7.37. The van der Waals surface area contributed by atoms with Gasteiger partial charge in [0.05, 0.1) is 6.10 Å². The zero-order chi connectivity index (χ0) is 9.26. The molecule has 1 aliphatic rings. The van der Waals surface area contributed by atoms with Gasteiger partial charge in [0.2, 0.25) is 0 Å². The van der Waals surface area contributed by atoms with E-state index >= 15 is 0 Å². The molecule has 0 spiro atoms. The Hall–Kier alpha value is 0.140. The minimum atomic E-state index is -0.258. The quantitative estimate of drug-likeness (QED) is 0.878. The van der Waals surface area contributed by atoms with E-state index in [1.165, 1.54) is 19.3 Å². The number of aliphatic hydroxyl groups excluding tert-OH is 1. The van der Waals surface area contributed by atoms with Crippen LogP contribution < -0.4 is 0 Å². The molecule has 0 aliphatic heterocycles. The van der Waals surface area contributed by atoms with Crippen LogP contribution in [0.15, 0.2) is 15.2 Å². The van der Waals surface area contributed by atoms with E-state index < -0.39 is 0 Å². The first kappa shape index (κ1) is 9.69. The van der Waals surface area contributed by atoms with E-state index in [2.05, 4.69) is 15.9 Å². The van der Waals surface area contributed by atoms with Crippen LogP contribution in [-0.4, -0.2) is 5.11 Å². The van der Waals surface area contributed by atoms with Gasteiger partial charge in [0.1, 0.15) is 0 Å². The Kier molecular flexibility index (Phi) is 3.06. The third-order valence-electron chi connectivity index (χ3n) is 2.78. The Morgan fingerprint density at radius 1 is 1.54 bits per heavy atom. The summed E-state index contributed by atoms with van der Waals surface area (Å²) in [6.07, 6.45) is 4.64. The first-order valence-corrected chi connectivity index (χ1v) is 6.40. The SMILES string of the molecule is OC(CC1CCC1)c1cscc1Br. The van der Waals surface area contributed by atoms with Crippen LogP contribution in [0, 0.1) is 5.92 Å². The molecule has 0 radical (unpaired) electrons. The van der Waals surface area contributed by atoms with E-state index in [0.717, 1.165) is 22.4 Å². The Labute approximate surface area is 90.9 Å². The van der Waals surface area contributed by atoms with E-state index in [0.29, 0.717) is 0 Å². The van der Waals surface area contributed by atoms with Gasteiger partial charge in [-0.2, -0.15) is 11.3 Å². The lowest BCUT2D eigenvalue weighted by Gasteiger charge is -2.27. The number of aliphatic hydroxyl groups is 1. The van der Waals surface area contributed by atoms with Gasteiger partial charge in [0.25, 0.3) is 0 Å². The lowest BCUT2D eigenvalue weighted by molar-refractivity contribution is 0.118. The molecule has 1 aliphatic carbocycles. The molecule has 0 amide bonds. The predicted molar refractivity (Wildman–Crippen MR) is 58.9 cm³/mol. The molecule has 0 aromatic carbocycles. The maximum Gasteiger partial charge on any atom is 0.0811 e. The smallest absolute Gasteiger partial charge is 0.0811 e. The Balaban J connectivity index is 1.96. The number of halogens is 1. The van der Waals surface area contributed by atoms with Crippen LogP contribution in [0.2, 0.25) is 0 Å². The summed E-state index contributed by atoms with van der Waals surface area (Å²) >= 11 is 5.09. The third kappa shape index (κ3) is 2.14. The van der Waals surface area contributed by atoms with E-state index in [-0.39, 0.29) is 6.10 Å². The standard InChI is InChI=1S/C10H13BrOS/c11-9-6-13-5-8(9)10(12)4-7-2-1-3-7/h5-7,10,12H,1-4H2. The molecule has 3 heteroatoms. The highest BCUT2D eigenvalue weighted by Crippen LogP contribution is 2.37. The maximum absolute atomic E-state index is 9.90. The molecule has 1 unspecified atom stereocenters. The molecule has 72 valence electrons. The average Bonchev–Trinajstić information content (AvgIpc) is 2.43. The van der Waals surface area contributed by atoms with Crippen LogP contribution in [0.3, 0.4) is 0 Å². The van der Waals surface area contributed by atoms with E-state index in [1.807, 2.05) is 10.8 Å². The van der Waals surface area contributed by atoms with Crippen molar-refractivity contribution in [2.45, 2.75) is 31.8 Å². The van der Waals surface area contributed by atoms with Crippen LogP contribution in [-0.2, 0) is 0 Å². The second-order valence-corrected chi connectivity index (χ2v) is 5.32. The minimum absolute atomic E-state index is 0.258. The normalized spacial score (nSPS) is 19.8. The first-order valence-electron chi connectivity index (χ1n) is 4.67. The fraction of sp³-hybridized carbons (Fsp3) is 0.600. The van der Waals surface area contributed by atoms with Gasteiger partial charge in [0.15, 0.2) is 0 Å². The lowest BCUT2D eigenvalue weighted by Crippen LogP contribution is -2.14. The molecule has 0 saturated heterocycles. The maximum atomic E-state index is 9.90. The van der Waals surface area contributed by atoms with Crippen LogP contribution in [0.5, 0.6) is 0 Å². The monoisotopic (exact) mass is 260 g/mol. The van der Waals surface area contributed by atoms with Gasteiger partial charge >= 0.3 is 0 Å². The van der Waals surface area contributed by atoms with Crippen molar-refractivity contribution in [2.24, 2.45) is 5.92 Å². The van der Waals surface area contributed by atoms with Crippen LogP contribution >= 0.6 is 27.3 Å². The van der Waals surface area contributed by atoms with E-state index in [9.17, 15) is 5.11 Å². The van der Waals surface area contributed by atoms with Gasteiger partial charge < -0.3 is 5.11 Å². The Bertz CT molecular complexity index is 280. The van der Waals surface area contributed by atoms with Crippen LogP contribution in [0.1, 0.15) is 37.4 Å². The van der Waals surface area contributed by atoms with Crippen molar-refractivity contribution < 1.29 is 5.11 Å². The van der Waals surface area contributed by atoms with Crippen molar-refractivity contribution in [3.8, 4) is 0 Å². The summed E-state index contributed by atoms with van der Waals surface area (Å²) in [5, 5.41) is 14.0. The average molecular weight is 261 g/mol. The summed E-state index contributed by atoms with van der Waals surface area (Å²) < 4.78 is 1.06. The number of hydrogen-bond acceptors (Lipinski definition) is 2. The molecule has 1 atom stereocenters. The largest absolute Gasteiger partial charge is 0.388 e. The molecular weight excluding hydrogens is 248 g/mol. The second-order valence-electron chi connectivity index (χ2n) is 3.72. The van der Waals surface area contributed by atoms with E-state index in [1.54, 1.807) is 11.3 Å². The highest BCUT2D eigenvalue weighted by molar-refractivity contribution is 9.10. The van der Waals surface area contributed by atoms with Crippen molar-refractivity contribution in [3.05, 3.63) is 20.8 Å². The third-order valence-corrected chi connectivity index (χ3v) is 4.53. The molecule has 1 nitrogen and oxygen atoms in total. The highest BCUT2D eigenvalue weighted by atomic mass is 79.9. The van der Waals surface area contributed by atoms with Crippen molar-refractivity contribution in [1.82, 2.24) is 0 Å². The Morgan fingerprint density at radius 3 is 2.77 bits per heavy atom. The van der Waals surface area contributed by atoms with Crippen molar-refractivity contribution in [1.29, 1.82) is 0 Å². The van der Waals surface area contributed by atoms with Crippen LogP contribution in [0.25, 0.3) is 0 Å². The van der Waals surface area contributed by atoms with E-state index in [4.69, 9.17) is 0 Å². The molecule has 1 aromatic heterocycles. The van der Waals surface area contributed by atoms with Gasteiger partial charge in [-0.25, -0.2) is 0 Å². The summed E-state index contributed by atoms with van der Waals surface area (Å²) in [6.45, 7) is 0. The number of hydrogen-bond donors (Lipinski definition) is 1. The summed E-state index contributed by atoms with van der Waals surface area (Å²) in [5.74, 6) is 0.766. The fourth-order valence-corrected chi connectivity index (χ4v) is 3.31. The van der Waals surface area contributed by atoms with Crippen molar-refractivity contribution in [3.63, 3.8) is 0 Å². The number of rotatable bonds is 3. The molecule has 13 heavy (non-hydrogen) atoms. The molecule has 1 aromatic rings. The second kappa shape index (κ2) is 4.11. The number of thiophene rings is 1. The van der Waals surface area contributed by atoms with Crippen LogP contribution in [0.4, 0.5) is 0 Å². The topological polar surface area (TPSA) is 20.2 Å². The van der Waals surface area contributed by atoms with Crippen molar-refractivity contribution >= 4 is 27.3 Å². The zero-order valence-corrected chi connectivity index (χ0v) is 9.77. The van der Waals surface area contributed by atoms with Crippen molar-refractivity contribution in [2.75, 3.05) is 0 Å². The summed E-state index contributed by atoms with van der Waals surface area (Å²) in [4.78, 5) is 0. The summed E-state index contributed by atoms with van der Waals surface area (Å²) in [5.41, 5.74) is 1.07. The van der Waals surface area contributed by atoms with Gasteiger partial charge in [-0.05, 0) is 33.6 Å². The highest BCUT2D eigenvalue weighted by Gasteiger charge is 2.22. The molecule has 1 heterocycles. The predicted octanol–water partition coefficient (Wildman–Crippen LogP) is 3.73. The van der Waals surface area contributed by atoms with Gasteiger partial charge in [-0.1, -0.05) is 19.3 Å². The molecule has 1 fully saturated rings. The van der Waals surface area contributed by atoms with Gasteiger partial charge in [-0.15, -0.1) is 0 Å². The molecule has 2 rings (SSSR count). The Morgan fingerprint density at radius 2 is 2.31 bits per heavy atom. The molecule has 1 saturated carbocycles. The fourth-order valence-electron chi connectivity index (χ4n) is 1.70. The summed E-state index contributed by atoms with van der Waals surface area (Å²) in [6, 6.07) is 0. The summed E-state index contributed by atoms with van der Waals surface area (Å²) in [7, 11) is 0. The molecule has 1 N–H and O–H groups in total. The lowest BCUT2D eigenvalue weighted by atomic mass is 9.81. The van der Waals surface area contributed by atoms with Gasteiger partial charge in [0, 0.05) is 15.4 Å². The first-order chi connectivity index (χ1) is 6.27. The molecular formula is C10H13BrOS. The minimum Gasteiger partial charge on any atom is -0.388 e. The molecule has 0 bridgehead atoms.